The zero-order valence-corrected chi connectivity index (χ0v) is 14.0. The number of hydrogen-bond donors (Lipinski definition) is 1. The van der Waals surface area contributed by atoms with E-state index in [1.54, 1.807) is 11.3 Å². The quantitative estimate of drug-likeness (QED) is 0.881. The Morgan fingerprint density at radius 3 is 2.95 bits per heavy atom. The molecule has 1 saturated heterocycles. The molecule has 0 unspecified atom stereocenters. The minimum absolute atomic E-state index is 0.0519. The molecule has 0 aliphatic carbocycles. The normalized spacial score (nSPS) is 21.8. The molecule has 0 spiro atoms. The van der Waals surface area contributed by atoms with Crippen LogP contribution in [0.25, 0.3) is 0 Å². The molecule has 1 aliphatic rings. The van der Waals surface area contributed by atoms with E-state index in [4.69, 9.17) is 9.26 Å². The van der Waals surface area contributed by atoms with E-state index in [0.29, 0.717) is 17.6 Å². The maximum Gasteiger partial charge on any atom is 0.255 e. The van der Waals surface area contributed by atoms with Crippen molar-refractivity contribution in [2.24, 2.45) is 0 Å². The molecule has 1 fully saturated rings. The van der Waals surface area contributed by atoms with Crippen LogP contribution in [0.2, 0.25) is 0 Å². The van der Waals surface area contributed by atoms with E-state index >= 15 is 0 Å². The number of aromatic nitrogens is 3. The Morgan fingerprint density at radius 1 is 1.41 bits per heavy atom. The number of nitrogens with zero attached hydrogens (tertiary/aromatic N) is 3. The fourth-order valence-electron chi connectivity index (χ4n) is 2.51. The maximum atomic E-state index is 5.97. The molecule has 2 aromatic heterocycles. The van der Waals surface area contributed by atoms with Crippen LogP contribution in [0.15, 0.2) is 10.7 Å². The van der Waals surface area contributed by atoms with Gasteiger partial charge < -0.3 is 14.6 Å². The van der Waals surface area contributed by atoms with E-state index in [2.05, 4.69) is 34.3 Å². The molecular formula is C15H22N4O2S. The Morgan fingerprint density at radius 2 is 2.27 bits per heavy atom. The Kier molecular flexibility index (Phi) is 4.85. The number of aryl methyl sites for hydroxylation is 1. The molecule has 0 aromatic carbocycles. The highest BCUT2D eigenvalue weighted by Gasteiger charge is 2.30. The second-order valence-electron chi connectivity index (χ2n) is 5.95. The summed E-state index contributed by atoms with van der Waals surface area (Å²) < 4.78 is 11.2. The van der Waals surface area contributed by atoms with Gasteiger partial charge in [-0.2, -0.15) is 4.98 Å². The average molecular weight is 322 g/mol. The third-order valence-corrected chi connectivity index (χ3v) is 4.96. The fourth-order valence-corrected chi connectivity index (χ4v) is 3.40. The molecule has 7 heteroatoms. The number of nitrogens with one attached hydrogen (secondary N) is 1. The summed E-state index contributed by atoms with van der Waals surface area (Å²) in [6.45, 7) is 7.83. The molecule has 3 rings (SSSR count). The van der Waals surface area contributed by atoms with Crippen LogP contribution in [-0.2, 0) is 11.3 Å². The Balaban J connectivity index is 1.43. The topological polar surface area (TPSA) is 73.1 Å². The van der Waals surface area contributed by atoms with Gasteiger partial charge >= 0.3 is 0 Å². The number of hydrogen-bond acceptors (Lipinski definition) is 7. The van der Waals surface area contributed by atoms with Gasteiger partial charge in [-0.15, -0.1) is 11.3 Å². The van der Waals surface area contributed by atoms with Crippen LogP contribution in [0, 0.1) is 6.92 Å². The summed E-state index contributed by atoms with van der Waals surface area (Å²) in [6.07, 6.45) is 4.07. The zero-order chi connectivity index (χ0) is 15.5. The minimum Gasteiger partial charge on any atom is -0.364 e. The minimum atomic E-state index is -0.0519. The standard InChI is InChI=1S/C15H22N4O2S/c1-9(2)15-17-8-12(22-15)7-16-6-11-4-5-13(20-11)14-18-10(3)19-21-14/h8-9,11,13,16H,4-7H2,1-3H3/t11-,13+/m1/s1. The molecule has 3 heterocycles. The first-order valence-corrected chi connectivity index (χ1v) is 8.54. The predicted octanol–water partition coefficient (Wildman–Crippen LogP) is 2.97. The van der Waals surface area contributed by atoms with Crippen molar-refractivity contribution in [1.29, 1.82) is 0 Å². The lowest BCUT2D eigenvalue weighted by atomic mass is 10.2. The fraction of sp³-hybridized carbons (Fsp3) is 0.667. The molecule has 2 aromatic rings. The first kappa shape index (κ1) is 15.6. The van der Waals surface area contributed by atoms with Gasteiger partial charge in [0.15, 0.2) is 5.82 Å². The Labute approximate surface area is 134 Å². The van der Waals surface area contributed by atoms with Crippen molar-refractivity contribution in [3.63, 3.8) is 0 Å². The summed E-state index contributed by atoms with van der Waals surface area (Å²) in [4.78, 5) is 9.95. The summed E-state index contributed by atoms with van der Waals surface area (Å²) in [5.74, 6) is 1.76. The van der Waals surface area contributed by atoms with Gasteiger partial charge in [-0.1, -0.05) is 19.0 Å². The second kappa shape index (κ2) is 6.85. The van der Waals surface area contributed by atoms with Crippen molar-refractivity contribution in [3.8, 4) is 0 Å². The van der Waals surface area contributed by atoms with Crippen molar-refractivity contribution in [2.75, 3.05) is 6.54 Å². The highest BCUT2D eigenvalue weighted by atomic mass is 32.1. The van der Waals surface area contributed by atoms with E-state index in [1.165, 1.54) is 9.88 Å². The van der Waals surface area contributed by atoms with Crippen LogP contribution in [0.3, 0.4) is 0 Å². The van der Waals surface area contributed by atoms with Gasteiger partial charge in [-0.05, 0) is 19.8 Å². The lowest BCUT2D eigenvalue weighted by Crippen LogP contribution is -2.25. The molecule has 0 amide bonds. The summed E-state index contributed by atoms with van der Waals surface area (Å²) in [7, 11) is 0. The summed E-state index contributed by atoms with van der Waals surface area (Å²) in [5.41, 5.74) is 0. The third-order valence-electron chi connectivity index (χ3n) is 3.66. The van der Waals surface area contributed by atoms with Crippen molar-refractivity contribution in [2.45, 2.75) is 58.3 Å². The Hall–Kier alpha value is -1.31. The van der Waals surface area contributed by atoms with Gasteiger partial charge in [0.1, 0.15) is 6.10 Å². The van der Waals surface area contributed by atoms with E-state index in [9.17, 15) is 0 Å². The van der Waals surface area contributed by atoms with Crippen LogP contribution in [0.4, 0.5) is 0 Å². The molecule has 0 saturated carbocycles. The lowest BCUT2D eigenvalue weighted by molar-refractivity contribution is 0.0264. The Bertz CT molecular complexity index is 610. The predicted molar refractivity (Wildman–Crippen MR) is 83.8 cm³/mol. The summed E-state index contributed by atoms with van der Waals surface area (Å²) in [5, 5.41) is 8.46. The smallest absolute Gasteiger partial charge is 0.255 e. The number of ether oxygens (including phenoxy) is 1. The largest absolute Gasteiger partial charge is 0.364 e. The highest BCUT2D eigenvalue weighted by Crippen LogP contribution is 2.31. The van der Waals surface area contributed by atoms with Crippen molar-refractivity contribution < 1.29 is 9.26 Å². The van der Waals surface area contributed by atoms with Crippen LogP contribution >= 0.6 is 11.3 Å². The molecule has 0 radical (unpaired) electrons. The van der Waals surface area contributed by atoms with Gasteiger partial charge in [0.05, 0.1) is 11.1 Å². The molecule has 120 valence electrons. The van der Waals surface area contributed by atoms with Gasteiger partial charge in [0.25, 0.3) is 5.89 Å². The molecule has 6 nitrogen and oxygen atoms in total. The molecule has 1 aliphatic heterocycles. The van der Waals surface area contributed by atoms with E-state index < -0.39 is 0 Å². The van der Waals surface area contributed by atoms with E-state index in [-0.39, 0.29) is 12.2 Å². The van der Waals surface area contributed by atoms with E-state index in [1.807, 2.05) is 13.1 Å². The van der Waals surface area contributed by atoms with Gasteiger partial charge in [-0.3, -0.25) is 0 Å². The maximum absolute atomic E-state index is 5.97. The van der Waals surface area contributed by atoms with Crippen molar-refractivity contribution in [3.05, 3.63) is 27.8 Å². The SMILES string of the molecule is Cc1noc([C@@H]2CC[C@H](CNCc3cnc(C(C)C)s3)O2)n1. The molecule has 0 bridgehead atoms. The third kappa shape index (κ3) is 3.71. The van der Waals surface area contributed by atoms with E-state index in [0.717, 1.165) is 25.9 Å². The van der Waals surface area contributed by atoms with Crippen LogP contribution < -0.4 is 5.32 Å². The van der Waals surface area contributed by atoms with Gasteiger partial charge in [-0.25, -0.2) is 4.98 Å². The number of rotatable bonds is 6. The molecule has 22 heavy (non-hydrogen) atoms. The molecule has 1 N–H and O–H groups in total. The van der Waals surface area contributed by atoms with Crippen molar-refractivity contribution in [1.82, 2.24) is 20.4 Å². The highest BCUT2D eigenvalue weighted by molar-refractivity contribution is 7.11. The van der Waals surface area contributed by atoms with Crippen LogP contribution in [0.1, 0.15) is 60.3 Å². The molecule has 2 atom stereocenters. The van der Waals surface area contributed by atoms with Crippen molar-refractivity contribution >= 4 is 11.3 Å². The lowest BCUT2D eigenvalue weighted by Gasteiger charge is -2.11. The second-order valence-corrected chi connectivity index (χ2v) is 7.10. The summed E-state index contributed by atoms with van der Waals surface area (Å²) in [6, 6.07) is 0. The first-order valence-electron chi connectivity index (χ1n) is 7.73. The van der Waals surface area contributed by atoms with Gasteiger partial charge in [0.2, 0.25) is 0 Å². The van der Waals surface area contributed by atoms with Gasteiger partial charge in [0, 0.05) is 30.1 Å². The zero-order valence-electron chi connectivity index (χ0n) is 13.2. The molecular weight excluding hydrogens is 300 g/mol. The monoisotopic (exact) mass is 322 g/mol. The first-order chi connectivity index (χ1) is 10.6. The van der Waals surface area contributed by atoms with Crippen LogP contribution in [0.5, 0.6) is 0 Å². The number of thiazole rings is 1. The summed E-state index contributed by atoms with van der Waals surface area (Å²) >= 11 is 1.78. The average Bonchev–Trinajstić information content (AvgIpc) is 3.18. The van der Waals surface area contributed by atoms with Crippen LogP contribution in [-0.4, -0.2) is 27.8 Å².